The number of thioether (sulfide) groups is 1. The summed E-state index contributed by atoms with van der Waals surface area (Å²) in [5.74, 6) is -1.25. The summed E-state index contributed by atoms with van der Waals surface area (Å²) in [6.45, 7) is 0. The van der Waals surface area contributed by atoms with Crippen molar-refractivity contribution in [2.24, 2.45) is 11.8 Å². The van der Waals surface area contributed by atoms with Gasteiger partial charge in [-0.1, -0.05) is 54.9 Å². The summed E-state index contributed by atoms with van der Waals surface area (Å²) in [5, 5.41) is 12.3. The van der Waals surface area contributed by atoms with Gasteiger partial charge >= 0.3 is 5.97 Å². The minimum atomic E-state index is -0.872. The van der Waals surface area contributed by atoms with E-state index in [1.165, 1.54) is 5.56 Å². The molecule has 2 aromatic carbocycles. The minimum absolute atomic E-state index is 0.195. The number of hydrogen-bond donors (Lipinski definition) is 2. The van der Waals surface area contributed by atoms with Crippen molar-refractivity contribution in [2.45, 2.75) is 35.8 Å². The van der Waals surface area contributed by atoms with Crippen molar-refractivity contribution in [1.82, 2.24) is 4.98 Å². The molecular weight excluding hydrogens is 404 g/mol. The number of carboxylic acids is 1. The molecule has 29 heavy (non-hydrogen) atoms. The Morgan fingerprint density at radius 1 is 1.10 bits per heavy atom. The van der Waals surface area contributed by atoms with E-state index in [4.69, 9.17) is 0 Å². The molecule has 7 heteroatoms. The van der Waals surface area contributed by atoms with E-state index >= 15 is 0 Å². The van der Waals surface area contributed by atoms with Gasteiger partial charge < -0.3 is 10.4 Å². The van der Waals surface area contributed by atoms with Crippen molar-refractivity contribution in [3.05, 3.63) is 54.1 Å². The zero-order valence-corrected chi connectivity index (χ0v) is 17.5. The predicted molar refractivity (Wildman–Crippen MR) is 117 cm³/mol. The molecule has 1 amide bonds. The lowest BCUT2D eigenvalue weighted by atomic mass is 9.78. The Morgan fingerprint density at radius 3 is 2.62 bits per heavy atom. The van der Waals surface area contributed by atoms with E-state index in [0.717, 1.165) is 33.2 Å². The fourth-order valence-electron chi connectivity index (χ4n) is 3.74. The van der Waals surface area contributed by atoms with Crippen molar-refractivity contribution in [3.8, 4) is 0 Å². The number of thiazole rings is 1. The molecule has 150 valence electrons. The zero-order chi connectivity index (χ0) is 20.2. The van der Waals surface area contributed by atoms with Crippen LogP contribution in [0, 0.1) is 11.8 Å². The number of benzene rings is 2. The fraction of sp³-hybridized carbons (Fsp3) is 0.318. The van der Waals surface area contributed by atoms with Crippen LogP contribution in [0.4, 0.5) is 5.69 Å². The van der Waals surface area contributed by atoms with Crippen LogP contribution in [-0.4, -0.2) is 22.0 Å². The monoisotopic (exact) mass is 426 g/mol. The van der Waals surface area contributed by atoms with Crippen LogP contribution in [0.3, 0.4) is 0 Å². The summed E-state index contributed by atoms with van der Waals surface area (Å²) >= 11 is 3.31. The van der Waals surface area contributed by atoms with Crippen molar-refractivity contribution in [3.63, 3.8) is 0 Å². The number of anilines is 1. The van der Waals surface area contributed by atoms with Crippen molar-refractivity contribution in [2.75, 3.05) is 5.32 Å². The largest absolute Gasteiger partial charge is 0.481 e. The van der Waals surface area contributed by atoms with Crippen LogP contribution in [0.2, 0.25) is 0 Å². The first-order chi connectivity index (χ1) is 14.1. The molecule has 1 fully saturated rings. The molecule has 1 saturated carbocycles. The average molecular weight is 427 g/mol. The summed E-state index contributed by atoms with van der Waals surface area (Å²) in [4.78, 5) is 28.8. The molecular formula is C22H22N2O3S2. The van der Waals surface area contributed by atoms with Crippen molar-refractivity contribution >= 4 is 50.9 Å². The molecule has 3 aromatic rings. The SMILES string of the molecule is O=C(Nc1ccc2nc(SCc3ccccc3)sc2c1)[C@H]1CCCC[C@H]1C(=O)O. The van der Waals surface area contributed by atoms with E-state index in [0.29, 0.717) is 18.5 Å². The summed E-state index contributed by atoms with van der Waals surface area (Å²) in [6, 6.07) is 15.9. The third kappa shape index (κ3) is 4.79. The van der Waals surface area contributed by atoms with E-state index in [-0.39, 0.29) is 5.91 Å². The van der Waals surface area contributed by atoms with Crippen molar-refractivity contribution in [1.29, 1.82) is 0 Å². The Balaban J connectivity index is 1.44. The van der Waals surface area contributed by atoms with Crippen LogP contribution in [0.25, 0.3) is 10.2 Å². The smallest absolute Gasteiger partial charge is 0.307 e. The number of rotatable bonds is 6. The van der Waals surface area contributed by atoms with E-state index in [1.807, 2.05) is 36.4 Å². The highest BCUT2D eigenvalue weighted by molar-refractivity contribution is 8.00. The number of fused-ring (bicyclic) bond motifs is 1. The maximum atomic E-state index is 12.7. The quantitative estimate of drug-likeness (QED) is 0.515. The van der Waals surface area contributed by atoms with Crippen LogP contribution >= 0.6 is 23.1 Å². The number of nitrogens with zero attached hydrogens (tertiary/aromatic N) is 1. The lowest BCUT2D eigenvalue weighted by Crippen LogP contribution is -2.36. The van der Waals surface area contributed by atoms with Gasteiger partial charge in [0, 0.05) is 11.4 Å². The van der Waals surface area contributed by atoms with Gasteiger partial charge in [-0.05, 0) is 36.6 Å². The van der Waals surface area contributed by atoms with Gasteiger partial charge in [-0.25, -0.2) is 4.98 Å². The first-order valence-electron chi connectivity index (χ1n) is 9.71. The molecule has 1 aromatic heterocycles. The maximum absolute atomic E-state index is 12.7. The van der Waals surface area contributed by atoms with Crippen LogP contribution < -0.4 is 5.32 Å². The number of aromatic nitrogens is 1. The first-order valence-corrected chi connectivity index (χ1v) is 11.5. The van der Waals surface area contributed by atoms with Crippen LogP contribution in [-0.2, 0) is 15.3 Å². The van der Waals surface area contributed by atoms with Crippen LogP contribution in [0.5, 0.6) is 0 Å². The van der Waals surface area contributed by atoms with Crippen molar-refractivity contribution < 1.29 is 14.7 Å². The molecule has 4 rings (SSSR count). The number of carbonyl (C=O) groups is 2. The van der Waals surface area contributed by atoms with Gasteiger partial charge in [0.1, 0.15) is 0 Å². The molecule has 5 nitrogen and oxygen atoms in total. The standard InChI is InChI=1S/C22H22N2O3S2/c25-20(16-8-4-5-9-17(16)21(26)27)23-15-10-11-18-19(12-15)29-22(24-18)28-13-14-6-2-1-3-7-14/h1-3,6-7,10-12,16-17H,4-5,8-9,13H2,(H,23,25)(H,26,27)/t16-,17+/m0/s1. The predicted octanol–water partition coefficient (Wildman–Crippen LogP) is 5.42. The maximum Gasteiger partial charge on any atom is 0.307 e. The highest BCUT2D eigenvalue weighted by Gasteiger charge is 2.35. The van der Waals surface area contributed by atoms with Gasteiger partial charge in [0.15, 0.2) is 4.34 Å². The third-order valence-electron chi connectivity index (χ3n) is 5.26. The number of nitrogens with one attached hydrogen (secondary N) is 1. The number of aliphatic carboxylic acids is 1. The second kappa shape index (κ2) is 8.97. The molecule has 0 aliphatic heterocycles. The normalized spacial score (nSPS) is 19.2. The average Bonchev–Trinajstić information content (AvgIpc) is 3.15. The number of amides is 1. The molecule has 1 aliphatic rings. The molecule has 0 unspecified atom stereocenters. The van der Waals surface area contributed by atoms with E-state index in [9.17, 15) is 14.7 Å². The number of carboxylic acid groups (broad SMARTS) is 1. The molecule has 0 bridgehead atoms. The molecule has 1 aliphatic carbocycles. The topological polar surface area (TPSA) is 79.3 Å². The fourth-order valence-corrected chi connectivity index (χ4v) is 5.80. The zero-order valence-electron chi connectivity index (χ0n) is 15.8. The minimum Gasteiger partial charge on any atom is -0.481 e. The molecule has 0 radical (unpaired) electrons. The second-order valence-corrected chi connectivity index (χ2v) is 9.51. The molecule has 0 spiro atoms. The highest BCUT2D eigenvalue weighted by Crippen LogP contribution is 2.34. The van der Waals surface area contributed by atoms with Gasteiger partial charge in [0.25, 0.3) is 0 Å². The van der Waals surface area contributed by atoms with Gasteiger partial charge in [-0.15, -0.1) is 11.3 Å². The lowest BCUT2D eigenvalue weighted by molar-refractivity contribution is -0.147. The van der Waals surface area contributed by atoms with Crippen LogP contribution in [0.1, 0.15) is 31.2 Å². The van der Waals surface area contributed by atoms with E-state index < -0.39 is 17.8 Å². The van der Waals surface area contributed by atoms with Crippen LogP contribution in [0.15, 0.2) is 52.9 Å². The molecule has 2 N–H and O–H groups in total. The Hall–Kier alpha value is -2.38. The summed E-state index contributed by atoms with van der Waals surface area (Å²) in [5.41, 5.74) is 2.86. The summed E-state index contributed by atoms with van der Waals surface area (Å²) in [6.07, 6.45) is 2.98. The number of hydrogen-bond acceptors (Lipinski definition) is 5. The summed E-state index contributed by atoms with van der Waals surface area (Å²) in [7, 11) is 0. The van der Waals surface area contributed by atoms with E-state index in [2.05, 4.69) is 22.4 Å². The Labute approximate surface area is 177 Å². The lowest BCUT2D eigenvalue weighted by Gasteiger charge is -2.27. The summed E-state index contributed by atoms with van der Waals surface area (Å²) < 4.78 is 2.00. The Kier molecular flexibility index (Phi) is 6.16. The first kappa shape index (κ1) is 19.9. The van der Waals surface area contributed by atoms with Gasteiger partial charge in [-0.2, -0.15) is 0 Å². The second-order valence-electron chi connectivity index (χ2n) is 7.26. The highest BCUT2D eigenvalue weighted by atomic mass is 32.2. The molecule has 1 heterocycles. The van der Waals surface area contributed by atoms with E-state index in [1.54, 1.807) is 23.1 Å². The van der Waals surface area contributed by atoms with Gasteiger partial charge in [0.05, 0.1) is 22.1 Å². The Bertz CT molecular complexity index is 1020. The Morgan fingerprint density at radius 2 is 1.86 bits per heavy atom. The molecule has 0 saturated heterocycles. The van der Waals surface area contributed by atoms with Gasteiger partial charge in [0.2, 0.25) is 5.91 Å². The van der Waals surface area contributed by atoms with Gasteiger partial charge in [-0.3, -0.25) is 9.59 Å². The molecule has 2 atom stereocenters. The number of carbonyl (C=O) groups excluding carboxylic acids is 1. The third-order valence-corrected chi connectivity index (χ3v) is 7.49.